The standard InChI is InChI=1S/C13H13OS.2ClH.Ti/c1-2-14-12-9-5-6-10-13(12)15-11-7-3-4-8-11;;;/h3,5-7,9-10H,2,4H2,1H3;2*1H;/q;;;+2/p-2. The van der Waals surface area contributed by atoms with Gasteiger partial charge in [-0.25, -0.2) is 0 Å². The van der Waals surface area contributed by atoms with Crippen molar-refractivity contribution in [1.29, 1.82) is 0 Å². The second kappa shape index (κ2) is 9.11. The van der Waals surface area contributed by atoms with Crippen molar-refractivity contribution in [3.63, 3.8) is 0 Å². The average Bonchev–Trinajstić information content (AvgIpc) is 2.68. The molecule has 0 saturated heterocycles. The molecule has 0 heterocycles. The Morgan fingerprint density at radius 1 is 1.28 bits per heavy atom. The SMILES string of the molecule is CCOc1ccccc1SC1=[C]([Ti+2])CC=C1.[Cl-].[Cl-]. The predicted molar refractivity (Wildman–Crippen MR) is 64.3 cm³/mol. The topological polar surface area (TPSA) is 9.23 Å². The first kappa shape index (κ1) is 18.1. The number of para-hydroxylation sites is 1. The summed E-state index contributed by atoms with van der Waals surface area (Å²) in [7, 11) is 0. The Hall–Kier alpha value is 0.144. The van der Waals surface area contributed by atoms with Crippen LogP contribution < -0.4 is 29.6 Å². The van der Waals surface area contributed by atoms with Gasteiger partial charge >= 0.3 is 113 Å². The minimum Gasteiger partial charge on any atom is -1.00 e. The third-order valence-electron chi connectivity index (χ3n) is 2.26. The van der Waals surface area contributed by atoms with E-state index in [2.05, 4.69) is 44.7 Å². The number of benzene rings is 1. The van der Waals surface area contributed by atoms with Crippen LogP contribution in [0.25, 0.3) is 0 Å². The summed E-state index contributed by atoms with van der Waals surface area (Å²) in [5, 5.41) is 0. The van der Waals surface area contributed by atoms with Crippen molar-refractivity contribution in [3.8, 4) is 5.75 Å². The van der Waals surface area contributed by atoms with E-state index in [1.807, 2.05) is 19.1 Å². The Morgan fingerprint density at radius 3 is 2.61 bits per heavy atom. The average molecular weight is 336 g/mol. The molecule has 0 saturated carbocycles. The molecule has 0 fully saturated rings. The van der Waals surface area contributed by atoms with Crippen molar-refractivity contribution in [2.24, 2.45) is 0 Å². The zero-order valence-corrected chi connectivity index (χ0v) is 13.8. The van der Waals surface area contributed by atoms with Gasteiger partial charge in [0.1, 0.15) is 0 Å². The number of halogens is 2. The molecule has 95 valence electrons. The van der Waals surface area contributed by atoms with Gasteiger partial charge in [-0.15, -0.1) is 0 Å². The molecule has 0 aromatic heterocycles. The fraction of sp³-hybridized carbons (Fsp3) is 0.231. The van der Waals surface area contributed by atoms with Crippen molar-refractivity contribution in [2.45, 2.75) is 18.2 Å². The largest absolute Gasteiger partial charge is 1.00 e. The van der Waals surface area contributed by atoms with Gasteiger partial charge in [0.2, 0.25) is 0 Å². The predicted octanol–water partition coefficient (Wildman–Crippen LogP) is -2.10. The maximum absolute atomic E-state index is 5.62. The third-order valence-corrected chi connectivity index (χ3v) is 4.44. The minimum absolute atomic E-state index is 0. The molecule has 1 aliphatic rings. The van der Waals surface area contributed by atoms with Crippen molar-refractivity contribution in [2.75, 3.05) is 6.61 Å². The first-order valence-electron chi connectivity index (χ1n) is 5.32. The van der Waals surface area contributed by atoms with Gasteiger partial charge in [0.05, 0.1) is 0 Å². The second-order valence-electron chi connectivity index (χ2n) is 3.43. The monoisotopic (exact) mass is 335 g/mol. The van der Waals surface area contributed by atoms with Crippen LogP contribution >= 0.6 is 11.8 Å². The Morgan fingerprint density at radius 2 is 2.00 bits per heavy atom. The van der Waals surface area contributed by atoms with Gasteiger partial charge in [0.25, 0.3) is 0 Å². The zero-order valence-electron chi connectivity index (χ0n) is 9.95. The molecule has 0 N–H and O–H groups in total. The van der Waals surface area contributed by atoms with Gasteiger partial charge in [0, 0.05) is 0 Å². The van der Waals surface area contributed by atoms with E-state index in [4.69, 9.17) is 4.74 Å². The van der Waals surface area contributed by atoms with E-state index in [1.54, 1.807) is 11.8 Å². The fourth-order valence-corrected chi connectivity index (χ4v) is 3.04. The van der Waals surface area contributed by atoms with Crippen LogP contribution in [0.2, 0.25) is 0 Å². The maximum Gasteiger partial charge on any atom is -1.00 e. The quantitative estimate of drug-likeness (QED) is 0.583. The van der Waals surface area contributed by atoms with Crippen LogP contribution in [0.1, 0.15) is 13.3 Å². The third kappa shape index (κ3) is 4.67. The molecule has 1 aliphatic carbocycles. The van der Waals surface area contributed by atoms with Gasteiger partial charge in [0.15, 0.2) is 0 Å². The van der Waals surface area contributed by atoms with E-state index >= 15 is 0 Å². The summed E-state index contributed by atoms with van der Waals surface area (Å²) in [6, 6.07) is 8.21. The Labute approximate surface area is 137 Å². The molecule has 0 amide bonds. The number of hydrogen-bond donors (Lipinski definition) is 0. The number of ether oxygens (including phenoxy) is 1. The summed E-state index contributed by atoms with van der Waals surface area (Å²) in [5.74, 6) is 0.982. The molecular formula is C13H13Cl2OSTi. The van der Waals surface area contributed by atoms with Gasteiger partial charge in [-0.05, 0) is 0 Å². The Kier molecular flexibility index (Phi) is 9.19. The van der Waals surface area contributed by atoms with E-state index in [-0.39, 0.29) is 24.8 Å². The molecule has 1 nitrogen and oxygen atoms in total. The molecule has 18 heavy (non-hydrogen) atoms. The first-order chi connectivity index (χ1) is 7.81. The van der Waals surface area contributed by atoms with E-state index in [9.17, 15) is 0 Å². The maximum atomic E-state index is 5.62. The van der Waals surface area contributed by atoms with Crippen molar-refractivity contribution in [3.05, 3.63) is 45.2 Å². The first-order valence-corrected chi connectivity index (χ1v) is 6.92. The normalized spacial score (nSPS) is 13.1. The summed E-state index contributed by atoms with van der Waals surface area (Å²) in [4.78, 5) is 2.55. The molecule has 0 bridgehead atoms. The molecule has 2 rings (SSSR count). The molecule has 0 aliphatic heterocycles. The fourth-order valence-electron chi connectivity index (χ4n) is 1.51. The summed E-state index contributed by atoms with van der Waals surface area (Å²) in [6.45, 7) is 2.73. The van der Waals surface area contributed by atoms with E-state index in [0.29, 0.717) is 6.61 Å². The Bertz CT molecular complexity index is 446. The minimum atomic E-state index is 0. The molecule has 0 atom stereocenters. The van der Waals surface area contributed by atoms with E-state index < -0.39 is 0 Å². The summed E-state index contributed by atoms with van der Waals surface area (Å²) >= 11 is 3.98. The number of thioether (sulfide) groups is 1. The van der Waals surface area contributed by atoms with Gasteiger partial charge in [-0.3, -0.25) is 0 Å². The smallest absolute Gasteiger partial charge is 1.00 e. The van der Waals surface area contributed by atoms with Crippen LogP contribution in [0.5, 0.6) is 5.75 Å². The molecule has 1 aromatic rings. The molecular weight excluding hydrogens is 323 g/mol. The van der Waals surface area contributed by atoms with E-state index in [0.717, 1.165) is 12.2 Å². The van der Waals surface area contributed by atoms with Gasteiger partial charge in [-0.1, -0.05) is 0 Å². The van der Waals surface area contributed by atoms with Crippen molar-refractivity contribution < 1.29 is 50.0 Å². The number of rotatable bonds is 4. The van der Waals surface area contributed by atoms with Crippen LogP contribution in [0.4, 0.5) is 0 Å². The zero-order chi connectivity index (χ0) is 11.4. The van der Waals surface area contributed by atoms with Crippen LogP contribution in [-0.4, -0.2) is 6.61 Å². The van der Waals surface area contributed by atoms with Crippen molar-refractivity contribution in [1.82, 2.24) is 0 Å². The van der Waals surface area contributed by atoms with Gasteiger partial charge in [-0.2, -0.15) is 0 Å². The van der Waals surface area contributed by atoms with Crippen LogP contribution in [-0.2, 0) is 20.4 Å². The second-order valence-corrected chi connectivity index (χ2v) is 5.46. The van der Waals surface area contributed by atoms with Crippen LogP contribution in [0, 0.1) is 0 Å². The van der Waals surface area contributed by atoms with E-state index in [1.165, 1.54) is 13.7 Å². The molecule has 0 spiro atoms. The number of hydrogen-bond acceptors (Lipinski definition) is 2. The number of allylic oxidation sites excluding steroid dienone is 3. The molecule has 1 aromatic carbocycles. The summed E-state index contributed by atoms with van der Waals surface area (Å²) in [5.41, 5.74) is 0. The van der Waals surface area contributed by atoms with Crippen molar-refractivity contribution >= 4 is 11.8 Å². The summed E-state index contributed by atoms with van der Waals surface area (Å²) < 4.78 is 7.06. The van der Waals surface area contributed by atoms with Crippen LogP contribution in [0.3, 0.4) is 0 Å². The van der Waals surface area contributed by atoms with Gasteiger partial charge < -0.3 is 24.8 Å². The summed E-state index contributed by atoms with van der Waals surface area (Å²) in [6.07, 6.45) is 5.49. The van der Waals surface area contributed by atoms with Crippen LogP contribution in [0.15, 0.2) is 50.1 Å². The Balaban J connectivity index is 0.00000144. The molecule has 0 radical (unpaired) electrons. The molecule has 5 heteroatoms. The molecule has 0 unspecified atom stereocenters.